The molecular formula is C22H19F2N5O6S. The van der Waals surface area contributed by atoms with E-state index in [-0.39, 0.29) is 35.1 Å². The first-order valence-corrected chi connectivity index (χ1v) is 12.1. The molecule has 0 atom stereocenters. The summed E-state index contributed by atoms with van der Waals surface area (Å²) >= 11 is 0. The summed E-state index contributed by atoms with van der Waals surface area (Å²) in [6, 6.07) is 12.8. The van der Waals surface area contributed by atoms with Gasteiger partial charge in [0.15, 0.2) is 11.5 Å². The number of ether oxygens (including phenoxy) is 2. The van der Waals surface area contributed by atoms with Gasteiger partial charge < -0.3 is 20.1 Å². The number of amides is 3. The molecule has 0 saturated carbocycles. The van der Waals surface area contributed by atoms with E-state index in [2.05, 4.69) is 30.4 Å². The maximum absolute atomic E-state index is 13.2. The Hall–Kier alpha value is -4.46. The number of halogens is 2. The first-order chi connectivity index (χ1) is 17.0. The van der Waals surface area contributed by atoms with E-state index >= 15 is 0 Å². The molecule has 14 heteroatoms. The summed E-state index contributed by atoms with van der Waals surface area (Å²) in [6.07, 6.45) is -1.49. The summed E-state index contributed by atoms with van der Waals surface area (Å²) in [5.74, 6) is -0.718. The number of carbonyl (C=O) groups is 2. The van der Waals surface area contributed by atoms with Gasteiger partial charge in [-0.3, -0.25) is 10.1 Å². The molecule has 1 aromatic heterocycles. The van der Waals surface area contributed by atoms with Crippen LogP contribution in [0.5, 0.6) is 11.5 Å². The van der Waals surface area contributed by atoms with Gasteiger partial charge in [0.05, 0.1) is 11.8 Å². The molecule has 4 N–H and O–H groups in total. The van der Waals surface area contributed by atoms with Crippen LogP contribution in [0.15, 0.2) is 60.8 Å². The van der Waals surface area contributed by atoms with E-state index in [1.54, 1.807) is 35.1 Å². The molecule has 11 nitrogen and oxygen atoms in total. The quantitative estimate of drug-likeness (QED) is 0.372. The van der Waals surface area contributed by atoms with Crippen LogP contribution in [0.4, 0.5) is 30.8 Å². The van der Waals surface area contributed by atoms with Crippen LogP contribution in [0.3, 0.4) is 0 Å². The normalized spacial score (nSPS) is 13.5. The minimum atomic E-state index is -3.76. The van der Waals surface area contributed by atoms with Crippen LogP contribution in [0.25, 0.3) is 0 Å². The summed E-state index contributed by atoms with van der Waals surface area (Å²) in [5, 5.41) is 8.06. The third kappa shape index (κ3) is 6.35. The molecule has 36 heavy (non-hydrogen) atoms. The summed E-state index contributed by atoms with van der Waals surface area (Å²) < 4.78 is 59.3. The van der Waals surface area contributed by atoms with Gasteiger partial charge in [0, 0.05) is 30.2 Å². The number of nitrogens with one attached hydrogen (secondary N) is 4. The van der Waals surface area contributed by atoms with E-state index in [9.17, 15) is 26.8 Å². The Kier molecular flexibility index (Phi) is 6.61. The number of hydrogen-bond acceptors (Lipinski definition) is 8. The molecule has 188 valence electrons. The lowest BCUT2D eigenvalue weighted by Gasteiger charge is -2.13. The lowest BCUT2D eigenvalue weighted by atomic mass is 10.1. The smallest absolute Gasteiger partial charge is 0.395 e. The Bertz CT molecular complexity index is 1430. The van der Waals surface area contributed by atoms with Crippen molar-refractivity contribution in [1.29, 1.82) is 0 Å². The monoisotopic (exact) mass is 519 g/mol. The van der Waals surface area contributed by atoms with Gasteiger partial charge in [0.1, 0.15) is 5.82 Å². The zero-order valence-corrected chi connectivity index (χ0v) is 19.4. The number of urea groups is 1. The molecule has 0 unspecified atom stereocenters. The number of hydrogen-bond donors (Lipinski definition) is 4. The number of nitrogens with zero attached hydrogens (tertiary/aromatic N) is 1. The van der Waals surface area contributed by atoms with Crippen molar-refractivity contribution in [2.24, 2.45) is 0 Å². The molecule has 0 saturated heterocycles. The molecular weight excluding hydrogens is 500 g/mol. The van der Waals surface area contributed by atoms with Crippen molar-refractivity contribution in [1.82, 2.24) is 9.71 Å². The molecule has 0 spiro atoms. The van der Waals surface area contributed by atoms with E-state index < -0.39 is 28.3 Å². The number of aromatic nitrogens is 1. The number of carbonyl (C=O) groups excluding carboxylic acids is 2. The molecule has 1 aliphatic rings. The fourth-order valence-corrected chi connectivity index (χ4v) is 3.61. The number of rotatable bonds is 7. The molecule has 0 aliphatic carbocycles. The lowest BCUT2D eigenvalue weighted by Crippen LogP contribution is -2.33. The summed E-state index contributed by atoms with van der Waals surface area (Å²) in [7, 11) is -3.73. The number of sulfonamides is 1. The fraction of sp³-hybridized carbons (Fsp3) is 0.136. The van der Waals surface area contributed by atoms with Crippen molar-refractivity contribution in [3.8, 4) is 11.5 Å². The molecule has 0 radical (unpaired) electrons. The van der Waals surface area contributed by atoms with Crippen LogP contribution >= 0.6 is 0 Å². The van der Waals surface area contributed by atoms with Crippen molar-refractivity contribution in [2.45, 2.75) is 12.8 Å². The van der Waals surface area contributed by atoms with Gasteiger partial charge in [-0.05, 0) is 42.0 Å². The second kappa shape index (κ2) is 9.65. The van der Waals surface area contributed by atoms with Crippen LogP contribution in [0.1, 0.15) is 15.9 Å². The van der Waals surface area contributed by atoms with Crippen LogP contribution < -0.4 is 30.1 Å². The standard InChI is InChI=1S/C22H19F2N5O6S/c1-36(32,33)29-21(31)28-19-10-13(8-9-25-19)12-26-16-5-3-2-4-15(16)20(30)27-14-6-7-17-18(11-14)35-22(23,24)34-17/h2-11,26H,12H2,1H3,(H,27,30)(H2,25,28,29,31). The molecule has 0 fully saturated rings. The topological polar surface area (TPSA) is 148 Å². The van der Waals surface area contributed by atoms with Crippen molar-refractivity contribution in [2.75, 3.05) is 22.2 Å². The van der Waals surface area contributed by atoms with Gasteiger partial charge in [0.25, 0.3) is 5.91 Å². The summed E-state index contributed by atoms with van der Waals surface area (Å²) in [6.45, 7) is 0.230. The molecule has 1 aliphatic heterocycles. The first kappa shape index (κ1) is 24.7. The second-order valence-corrected chi connectivity index (χ2v) is 9.31. The summed E-state index contributed by atoms with van der Waals surface area (Å²) in [5.41, 5.74) is 1.66. The summed E-state index contributed by atoms with van der Waals surface area (Å²) in [4.78, 5) is 28.6. The van der Waals surface area contributed by atoms with Gasteiger partial charge >= 0.3 is 12.3 Å². The number of anilines is 3. The van der Waals surface area contributed by atoms with E-state index in [4.69, 9.17) is 0 Å². The van der Waals surface area contributed by atoms with Crippen molar-refractivity contribution in [3.05, 3.63) is 71.9 Å². The van der Waals surface area contributed by atoms with Crippen molar-refractivity contribution >= 4 is 39.2 Å². The third-order valence-corrected chi connectivity index (χ3v) is 5.21. The average molecular weight is 519 g/mol. The Morgan fingerprint density at radius 3 is 2.53 bits per heavy atom. The average Bonchev–Trinajstić information content (AvgIpc) is 3.10. The second-order valence-electron chi connectivity index (χ2n) is 7.56. The molecule has 3 amide bonds. The SMILES string of the molecule is CS(=O)(=O)NC(=O)Nc1cc(CNc2ccccc2C(=O)Nc2ccc3c(c2)OC(F)(F)O3)ccn1. The van der Waals surface area contributed by atoms with E-state index in [1.165, 1.54) is 30.5 Å². The molecule has 3 aromatic rings. The Balaban J connectivity index is 1.42. The Morgan fingerprint density at radius 1 is 1.00 bits per heavy atom. The molecule has 2 heterocycles. The first-order valence-electron chi connectivity index (χ1n) is 10.3. The minimum Gasteiger partial charge on any atom is -0.395 e. The van der Waals surface area contributed by atoms with Gasteiger partial charge in [0.2, 0.25) is 10.0 Å². The van der Waals surface area contributed by atoms with E-state index in [1.807, 2.05) is 0 Å². The highest BCUT2D eigenvalue weighted by Gasteiger charge is 2.43. The van der Waals surface area contributed by atoms with Crippen LogP contribution in [0, 0.1) is 0 Å². The van der Waals surface area contributed by atoms with Gasteiger partial charge in [-0.15, -0.1) is 8.78 Å². The van der Waals surface area contributed by atoms with E-state index in [0.29, 0.717) is 11.3 Å². The highest BCUT2D eigenvalue weighted by molar-refractivity contribution is 7.89. The number of pyridine rings is 1. The highest BCUT2D eigenvalue weighted by Crippen LogP contribution is 2.42. The third-order valence-electron chi connectivity index (χ3n) is 4.66. The zero-order valence-electron chi connectivity index (χ0n) is 18.5. The van der Waals surface area contributed by atoms with Gasteiger partial charge in [-0.2, -0.15) is 0 Å². The molecule has 0 bridgehead atoms. The highest BCUT2D eigenvalue weighted by atomic mass is 32.2. The van der Waals surface area contributed by atoms with Gasteiger partial charge in [-0.25, -0.2) is 22.9 Å². The number of benzene rings is 2. The largest absolute Gasteiger partial charge is 0.586 e. The van der Waals surface area contributed by atoms with Gasteiger partial charge in [-0.1, -0.05) is 12.1 Å². The van der Waals surface area contributed by atoms with Crippen LogP contribution in [0.2, 0.25) is 0 Å². The maximum Gasteiger partial charge on any atom is 0.586 e. The number of alkyl halides is 2. The lowest BCUT2D eigenvalue weighted by molar-refractivity contribution is -0.286. The predicted octanol–water partition coefficient (Wildman–Crippen LogP) is 3.35. The van der Waals surface area contributed by atoms with Crippen molar-refractivity contribution in [3.63, 3.8) is 0 Å². The maximum atomic E-state index is 13.2. The van der Waals surface area contributed by atoms with Crippen molar-refractivity contribution < 1.29 is 36.3 Å². The van der Waals surface area contributed by atoms with E-state index in [0.717, 1.165) is 6.26 Å². The Morgan fingerprint density at radius 2 is 1.75 bits per heavy atom. The molecule has 2 aromatic carbocycles. The molecule has 4 rings (SSSR count). The minimum absolute atomic E-state index is 0.120. The fourth-order valence-electron chi connectivity index (χ4n) is 3.22. The number of fused-ring (bicyclic) bond motifs is 1. The predicted molar refractivity (Wildman–Crippen MR) is 126 cm³/mol. The zero-order chi connectivity index (χ0) is 25.9. The number of para-hydroxylation sites is 1. The van der Waals surface area contributed by atoms with Crippen LogP contribution in [-0.4, -0.2) is 37.9 Å². The Labute approximate surface area is 203 Å². The van der Waals surface area contributed by atoms with Crippen LogP contribution in [-0.2, 0) is 16.6 Å².